The van der Waals surface area contributed by atoms with Crippen molar-refractivity contribution in [1.82, 2.24) is 5.32 Å². The Kier molecular flexibility index (Phi) is 5.45. The van der Waals surface area contributed by atoms with Gasteiger partial charge in [-0.05, 0) is 53.8 Å². The fourth-order valence-corrected chi connectivity index (χ4v) is 1.44. The molecule has 0 bridgehead atoms. The van der Waals surface area contributed by atoms with Crippen molar-refractivity contribution in [3.05, 3.63) is 27.8 Å². The molecule has 0 saturated carbocycles. The van der Waals surface area contributed by atoms with Gasteiger partial charge in [0.05, 0.1) is 13.0 Å². The molecule has 15 heavy (non-hydrogen) atoms. The number of benzene rings is 1. The summed E-state index contributed by atoms with van der Waals surface area (Å²) in [4.78, 5) is 11.1. The Morgan fingerprint density at radius 3 is 2.67 bits per heavy atom. The summed E-state index contributed by atoms with van der Waals surface area (Å²) in [6, 6.07) is 7.75. The van der Waals surface area contributed by atoms with Crippen LogP contribution in [0.1, 0.15) is 13.3 Å². The third kappa shape index (κ3) is 5.01. The van der Waals surface area contributed by atoms with Gasteiger partial charge in [0.1, 0.15) is 5.75 Å². The number of amides is 1. The average molecular weight is 319 g/mol. The third-order valence-electron chi connectivity index (χ3n) is 1.79. The number of hydrogen-bond acceptors (Lipinski definition) is 2. The van der Waals surface area contributed by atoms with Crippen LogP contribution in [0.3, 0.4) is 0 Å². The number of ether oxygens (including phenoxy) is 1. The number of nitrogens with one attached hydrogen (secondary N) is 1. The van der Waals surface area contributed by atoms with E-state index in [-0.39, 0.29) is 5.91 Å². The van der Waals surface area contributed by atoms with E-state index in [1.54, 1.807) is 0 Å². The molecule has 0 atom stereocenters. The fraction of sp³-hybridized carbons (Fsp3) is 0.364. The summed E-state index contributed by atoms with van der Waals surface area (Å²) in [7, 11) is 0. The van der Waals surface area contributed by atoms with Gasteiger partial charge in [0.25, 0.3) is 0 Å². The molecule has 0 aliphatic rings. The lowest BCUT2D eigenvalue weighted by molar-refractivity contribution is -0.121. The summed E-state index contributed by atoms with van der Waals surface area (Å²) in [5.41, 5.74) is 0. The fourth-order valence-electron chi connectivity index (χ4n) is 1.08. The van der Waals surface area contributed by atoms with Gasteiger partial charge in [-0.1, -0.05) is 0 Å². The molecule has 0 spiro atoms. The number of rotatable bonds is 5. The second kappa shape index (κ2) is 6.66. The lowest BCUT2D eigenvalue weighted by Crippen LogP contribution is -2.24. The van der Waals surface area contributed by atoms with Gasteiger partial charge in [0.2, 0.25) is 5.91 Å². The van der Waals surface area contributed by atoms with Crippen molar-refractivity contribution < 1.29 is 9.53 Å². The van der Waals surface area contributed by atoms with Crippen molar-refractivity contribution in [2.45, 2.75) is 13.3 Å². The van der Waals surface area contributed by atoms with Crippen LogP contribution in [0, 0.1) is 3.57 Å². The minimum atomic E-state index is 0.0306. The molecule has 82 valence electrons. The molecule has 0 saturated heterocycles. The Morgan fingerprint density at radius 2 is 2.07 bits per heavy atom. The van der Waals surface area contributed by atoms with E-state index in [1.807, 2.05) is 31.2 Å². The van der Waals surface area contributed by atoms with Crippen LogP contribution in [0.15, 0.2) is 24.3 Å². The van der Waals surface area contributed by atoms with Crippen LogP contribution in [0.5, 0.6) is 5.75 Å². The van der Waals surface area contributed by atoms with Crippen molar-refractivity contribution in [3.8, 4) is 5.75 Å². The quantitative estimate of drug-likeness (QED) is 0.845. The first-order chi connectivity index (χ1) is 7.22. The molecular weight excluding hydrogens is 305 g/mol. The predicted octanol–water partition coefficient (Wildman–Crippen LogP) is 2.20. The van der Waals surface area contributed by atoms with E-state index >= 15 is 0 Å². The van der Waals surface area contributed by atoms with Crippen LogP contribution < -0.4 is 10.1 Å². The minimum Gasteiger partial charge on any atom is -0.493 e. The van der Waals surface area contributed by atoms with Crippen LogP contribution in [0.4, 0.5) is 0 Å². The highest BCUT2D eigenvalue weighted by molar-refractivity contribution is 14.1. The molecular formula is C11H14INO2. The summed E-state index contributed by atoms with van der Waals surface area (Å²) < 4.78 is 6.58. The van der Waals surface area contributed by atoms with Gasteiger partial charge >= 0.3 is 0 Å². The zero-order valence-corrected chi connectivity index (χ0v) is 10.8. The number of carbonyl (C=O) groups is 1. The summed E-state index contributed by atoms with van der Waals surface area (Å²) in [6.07, 6.45) is 0.403. The summed E-state index contributed by atoms with van der Waals surface area (Å²) in [6.45, 7) is 2.99. The molecule has 0 radical (unpaired) electrons. The van der Waals surface area contributed by atoms with Crippen LogP contribution in [0.25, 0.3) is 0 Å². The highest BCUT2D eigenvalue weighted by Crippen LogP contribution is 2.13. The predicted molar refractivity (Wildman–Crippen MR) is 68.0 cm³/mol. The van der Waals surface area contributed by atoms with E-state index in [2.05, 4.69) is 27.9 Å². The number of hydrogen-bond donors (Lipinski definition) is 1. The van der Waals surface area contributed by atoms with Gasteiger partial charge in [-0.2, -0.15) is 0 Å². The van der Waals surface area contributed by atoms with Crippen molar-refractivity contribution in [3.63, 3.8) is 0 Å². The second-order valence-electron chi connectivity index (χ2n) is 3.01. The highest BCUT2D eigenvalue weighted by Gasteiger charge is 1.99. The van der Waals surface area contributed by atoms with Crippen LogP contribution in [-0.4, -0.2) is 19.1 Å². The molecule has 0 aliphatic heterocycles. The molecule has 4 heteroatoms. The highest BCUT2D eigenvalue weighted by atomic mass is 127. The molecule has 1 aromatic rings. The molecule has 3 nitrogen and oxygen atoms in total. The van der Waals surface area contributed by atoms with Gasteiger partial charge in [0, 0.05) is 10.1 Å². The molecule has 0 fully saturated rings. The molecule has 0 heterocycles. The zero-order valence-electron chi connectivity index (χ0n) is 8.63. The smallest absolute Gasteiger partial charge is 0.223 e. The molecule has 0 aliphatic carbocycles. The van der Waals surface area contributed by atoms with Crippen molar-refractivity contribution in [1.29, 1.82) is 0 Å². The molecule has 1 aromatic carbocycles. The monoisotopic (exact) mass is 319 g/mol. The molecule has 1 rings (SSSR count). The lowest BCUT2D eigenvalue weighted by atomic mass is 10.3. The Balaban J connectivity index is 2.26. The van der Waals surface area contributed by atoms with Crippen molar-refractivity contribution >= 4 is 28.5 Å². The topological polar surface area (TPSA) is 38.3 Å². The molecule has 0 aromatic heterocycles. The normalized spacial score (nSPS) is 9.73. The number of halogens is 1. The zero-order chi connectivity index (χ0) is 11.1. The van der Waals surface area contributed by atoms with Crippen LogP contribution >= 0.6 is 22.6 Å². The molecule has 1 amide bonds. The largest absolute Gasteiger partial charge is 0.493 e. The Hall–Kier alpha value is -0.780. The van der Waals surface area contributed by atoms with Crippen LogP contribution in [0.2, 0.25) is 0 Å². The first kappa shape index (κ1) is 12.3. The number of carbonyl (C=O) groups excluding carboxylic acids is 1. The first-order valence-electron chi connectivity index (χ1n) is 4.87. The minimum absolute atomic E-state index is 0.0306. The van der Waals surface area contributed by atoms with E-state index in [4.69, 9.17) is 4.74 Å². The Morgan fingerprint density at radius 1 is 1.40 bits per heavy atom. The van der Waals surface area contributed by atoms with E-state index in [0.29, 0.717) is 19.6 Å². The lowest BCUT2D eigenvalue weighted by Gasteiger charge is -2.05. The maximum Gasteiger partial charge on any atom is 0.223 e. The molecule has 0 unspecified atom stereocenters. The van der Waals surface area contributed by atoms with E-state index in [0.717, 1.165) is 5.75 Å². The van der Waals surface area contributed by atoms with Gasteiger partial charge in [-0.25, -0.2) is 0 Å². The summed E-state index contributed by atoms with van der Waals surface area (Å²) in [5, 5.41) is 2.72. The van der Waals surface area contributed by atoms with Crippen LogP contribution in [-0.2, 0) is 4.79 Å². The van der Waals surface area contributed by atoms with Gasteiger partial charge in [-0.3, -0.25) is 4.79 Å². The first-order valence-corrected chi connectivity index (χ1v) is 5.95. The van der Waals surface area contributed by atoms with Gasteiger partial charge in [0.15, 0.2) is 0 Å². The second-order valence-corrected chi connectivity index (χ2v) is 4.25. The maximum atomic E-state index is 11.1. The average Bonchev–Trinajstić information content (AvgIpc) is 2.21. The van der Waals surface area contributed by atoms with Crippen molar-refractivity contribution in [2.75, 3.05) is 13.2 Å². The molecule has 1 N–H and O–H groups in total. The summed E-state index contributed by atoms with van der Waals surface area (Å²) >= 11 is 2.24. The Labute approximate surface area is 103 Å². The SMILES string of the molecule is CCNC(=O)CCOc1ccc(I)cc1. The Bertz CT molecular complexity index is 311. The maximum absolute atomic E-state index is 11.1. The van der Waals surface area contributed by atoms with E-state index < -0.39 is 0 Å². The van der Waals surface area contributed by atoms with Gasteiger partial charge < -0.3 is 10.1 Å². The standard InChI is InChI=1S/C11H14INO2/c1-2-13-11(14)7-8-15-10-5-3-9(12)4-6-10/h3-6H,2,7-8H2,1H3,(H,13,14). The van der Waals surface area contributed by atoms with Gasteiger partial charge in [-0.15, -0.1) is 0 Å². The summed E-state index contributed by atoms with van der Waals surface area (Å²) in [5.74, 6) is 0.836. The van der Waals surface area contributed by atoms with E-state index in [9.17, 15) is 4.79 Å². The third-order valence-corrected chi connectivity index (χ3v) is 2.50. The van der Waals surface area contributed by atoms with Crippen molar-refractivity contribution in [2.24, 2.45) is 0 Å². The van der Waals surface area contributed by atoms with E-state index in [1.165, 1.54) is 3.57 Å².